The van der Waals surface area contributed by atoms with Crippen molar-refractivity contribution in [1.29, 1.82) is 0 Å². The van der Waals surface area contributed by atoms with Crippen LogP contribution in [-0.2, 0) is 14.3 Å². The molecule has 0 atom stereocenters. The van der Waals surface area contributed by atoms with E-state index in [1.165, 1.54) is 7.11 Å². The standard InChI is InChI=1S/C11H20N2O3/c1-13(2)8-7-12-9(14)11(5-4-6-11)10(15)16-3/h4-8H2,1-3H3,(H,12,14). The van der Waals surface area contributed by atoms with E-state index in [9.17, 15) is 9.59 Å². The fourth-order valence-electron chi connectivity index (χ4n) is 1.81. The van der Waals surface area contributed by atoms with Crippen molar-refractivity contribution in [3.63, 3.8) is 0 Å². The summed E-state index contributed by atoms with van der Waals surface area (Å²) in [5.41, 5.74) is -0.902. The van der Waals surface area contributed by atoms with Gasteiger partial charge in [-0.3, -0.25) is 9.59 Å². The molecule has 0 unspecified atom stereocenters. The van der Waals surface area contributed by atoms with Gasteiger partial charge in [-0.2, -0.15) is 0 Å². The van der Waals surface area contributed by atoms with Gasteiger partial charge in [0.15, 0.2) is 0 Å². The maximum Gasteiger partial charge on any atom is 0.321 e. The Hall–Kier alpha value is -1.10. The average molecular weight is 228 g/mol. The molecule has 5 heteroatoms. The molecule has 5 nitrogen and oxygen atoms in total. The predicted octanol–water partition coefficient (Wildman–Crippen LogP) is 0.00750. The molecule has 0 aromatic heterocycles. The Bertz CT molecular complexity index is 272. The molecule has 1 saturated carbocycles. The number of rotatable bonds is 5. The Morgan fingerprint density at radius 2 is 2.00 bits per heavy atom. The molecule has 1 aliphatic rings. The molecule has 1 N–H and O–H groups in total. The molecule has 1 amide bonds. The third kappa shape index (κ3) is 2.52. The molecular formula is C11H20N2O3. The lowest BCUT2D eigenvalue weighted by Gasteiger charge is -2.37. The van der Waals surface area contributed by atoms with E-state index < -0.39 is 11.4 Å². The van der Waals surface area contributed by atoms with Gasteiger partial charge < -0.3 is 15.0 Å². The summed E-state index contributed by atoms with van der Waals surface area (Å²) in [6.07, 6.45) is 2.12. The van der Waals surface area contributed by atoms with Crippen molar-refractivity contribution in [2.75, 3.05) is 34.3 Å². The van der Waals surface area contributed by atoms with Gasteiger partial charge in [0.05, 0.1) is 7.11 Å². The first-order valence-corrected chi connectivity index (χ1v) is 5.54. The van der Waals surface area contributed by atoms with Crippen LogP contribution in [0.5, 0.6) is 0 Å². The van der Waals surface area contributed by atoms with Gasteiger partial charge >= 0.3 is 5.97 Å². The van der Waals surface area contributed by atoms with Crippen molar-refractivity contribution in [3.8, 4) is 0 Å². The minimum atomic E-state index is -0.902. The summed E-state index contributed by atoms with van der Waals surface area (Å²) in [5, 5.41) is 2.79. The zero-order valence-corrected chi connectivity index (χ0v) is 10.2. The van der Waals surface area contributed by atoms with Gasteiger partial charge in [-0.15, -0.1) is 0 Å². The average Bonchev–Trinajstić information content (AvgIpc) is 2.15. The van der Waals surface area contributed by atoms with E-state index in [4.69, 9.17) is 4.74 Å². The molecule has 1 fully saturated rings. The molecular weight excluding hydrogens is 208 g/mol. The zero-order chi connectivity index (χ0) is 12.2. The molecule has 0 radical (unpaired) electrons. The van der Waals surface area contributed by atoms with Gasteiger partial charge in [-0.25, -0.2) is 0 Å². The van der Waals surface area contributed by atoms with Crippen molar-refractivity contribution >= 4 is 11.9 Å². The van der Waals surface area contributed by atoms with Crippen LogP contribution < -0.4 is 5.32 Å². The summed E-state index contributed by atoms with van der Waals surface area (Å²) < 4.78 is 4.70. The monoisotopic (exact) mass is 228 g/mol. The third-order valence-electron chi connectivity index (χ3n) is 3.06. The van der Waals surface area contributed by atoms with E-state index in [0.717, 1.165) is 13.0 Å². The van der Waals surface area contributed by atoms with Gasteiger partial charge in [-0.1, -0.05) is 6.42 Å². The summed E-state index contributed by atoms with van der Waals surface area (Å²) in [6, 6.07) is 0. The Morgan fingerprint density at radius 1 is 1.38 bits per heavy atom. The van der Waals surface area contributed by atoms with Crippen molar-refractivity contribution in [3.05, 3.63) is 0 Å². The number of hydrogen-bond acceptors (Lipinski definition) is 4. The molecule has 16 heavy (non-hydrogen) atoms. The minimum Gasteiger partial charge on any atom is -0.468 e. The fourth-order valence-corrected chi connectivity index (χ4v) is 1.81. The van der Waals surface area contributed by atoms with E-state index >= 15 is 0 Å². The van der Waals surface area contributed by atoms with Crippen molar-refractivity contribution < 1.29 is 14.3 Å². The summed E-state index contributed by atoms with van der Waals surface area (Å²) >= 11 is 0. The lowest BCUT2D eigenvalue weighted by Crippen LogP contribution is -2.52. The molecule has 0 heterocycles. The van der Waals surface area contributed by atoms with Crippen LogP contribution in [0.15, 0.2) is 0 Å². The highest BCUT2D eigenvalue weighted by Gasteiger charge is 2.51. The van der Waals surface area contributed by atoms with Crippen molar-refractivity contribution in [2.24, 2.45) is 5.41 Å². The van der Waals surface area contributed by atoms with Gasteiger partial charge in [-0.05, 0) is 26.9 Å². The summed E-state index contributed by atoms with van der Waals surface area (Å²) in [6.45, 7) is 1.33. The number of amides is 1. The first-order chi connectivity index (χ1) is 7.53. The van der Waals surface area contributed by atoms with Crippen LogP contribution >= 0.6 is 0 Å². The highest BCUT2D eigenvalue weighted by molar-refractivity contribution is 6.03. The van der Waals surface area contributed by atoms with Crippen LogP contribution in [0, 0.1) is 5.41 Å². The highest BCUT2D eigenvalue weighted by Crippen LogP contribution is 2.42. The maximum atomic E-state index is 11.9. The van der Waals surface area contributed by atoms with Crippen LogP contribution in [0.3, 0.4) is 0 Å². The normalized spacial score (nSPS) is 17.8. The second-order valence-electron chi connectivity index (χ2n) is 4.49. The number of esters is 1. The Labute approximate surface area is 96.1 Å². The van der Waals surface area contributed by atoms with Crippen LogP contribution in [0.4, 0.5) is 0 Å². The fraction of sp³-hybridized carbons (Fsp3) is 0.818. The topological polar surface area (TPSA) is 58.6 Å². The molecule has 1 rings (SSSR count). The summed E-state index contributed by atoms with van der Waals surface area (Å²) in [7, 11) is 5.20. The lowest BCUT2D eigenvalue weighted by molar-refractivity contribution is -0.165. The lowest BCUT2D eigenvalue weighted by atomic mass is 9.68. The molecule has 0 saturated heterocycles. The number of nitrogens with zero attached hydrogens (tertiary/aromatic N) is 1. The number of hydrogen-bond donors (Lipinski definition) is 1. The van der Waals surface area contributed by atoms with Crippen molar-refractivity contribution in [2.45, 2.75) is 19.3 Å². The maximum absolute atomic E-state index is 11.9. The second kappa shape index (κ2) is 5.30. The molecule has 0 aliphatic heterocycles. The second-order valence-corrected chi connectivity index (χ2v) is 4.49. The van der Waals surface area contributed by atoms with Gasteiger partial charge in [0.2, 0.25) is 5.91 Å². The minimum absolute atomic E-state index is 0.188. The largest absolute Gasteiger partial charge is 0.468 e. The number of methoxy groups -OCH3 is 1. The molecule has 0 aromatic carbocycles. The van der Waals surface area contributed by atoms with Crippen LogP contribution in [-0.4, -0.2) is 51.1 Å². The smallest absolute Gasteiger partial charge is 0.321 e. The number of carbonyl (C=O) groups excluding carboxylic acids is 2. The number of likely N-dealkylation sites (N-methyl/N-ethyl adjacent to an activating group) is 1. The van der Waals surface area contributed by atoms with Gasteiger partial charge in [0, 0.05) is 13.1 Å². The van der Waals surface area contributed by atoms with Crippen LogP contribution in [0.25, 0.3) is 0 Å². The molecule has 1 aliphatic carbocycles. The Balaban J connectivity index is 2.47. The quantitative estimate of drug-likeness (QED) is 0.532. The van der Waals surface area contributed by atoms with E-state index in [-0.39, 0.29) is 5.91 Å². The molecule has 0 spiro atoms. The first kappa shape index (κ1) is 13.0. The summed E-state index contributed by atoms with van der Waals surface area (Å²) in [5.74, 6) is -0.589. The van der Waals surface area contributed by atoms with E-state index in [1.807, 2.05) is 19.0 Å². The summed E-state index contributed by atoms with van der Waals surface area (Å²) in [4.78, 5) is 25.4. The SMILES string of the molecule is COC(=O)C1(C(=O)NCCN(C)C)CCC1. The van der Waals surface area contributed by atoms with E-state index in [1.54, 1.807) is 0 Å². The number of carbonyl (C=O) groups is 2. The number of ether oxygens (including phenoxy) is 1. The van der Waals surface area contributed by atoms with Crippen LogP contribution in [0.1, 0.15) is 19.3 Å². The number of nitrogens with one attached hydrogen (secondary N) is 1. The first-order valence-electron chi connectivity index (χ1n) is 5.54. The van der Waals surface area contributed by atoms with E-state index in [0.29, 0.717) is 19.4 Å². The van der Waals surface area contributed by atoms with Crippen molar-refractivity contribution in [1.82, 2.24) is 10.2 Å². The van der Waals surface area contributed by atoms with E-state index in [2.05, 4.69) is 5.32 Å². The predicted molar refractivity (Wildman–Crippen MR) is 59.9 cm³/mol. The molecule has 0 bridgehead atoms. The van der Waals surface area contributed by atoms with Gasteiger partial charge in [0.25, 0.3) is 0 Å². The van der Waals surface area contributed by atoms with Gasteiger partial charge in [0.1, 0.15) is 5.41 Å². The Kier molecular flexibility index (Phi) is 4.29. The molecule has 0 aromatic rings. The highest BCUT2D eigenvalue weighted by atomic mass is 16.5. The van der Waals surface area contributed by atoms with Crippen LogP contribution in [0.2, 0.25) is 0 Å². The third-order valence-corrected chi connectivity index (χ3v) is 3.06. The Morgan fingerprint density at radius 3 is 2.38 bits per heavy atom. The zero-order valence-electron chi connectivity index (χ0n) is 10.2. The molecule has 92 valence electrons.